The van der Waals surface area contributed by atoms with E-state index in [1.54, 1.807) is 0 Å². The van der Waals surface area contributed by atoms with Gasteiger partial charge in [0.1, 0.15) is 11.4 Å². The normalized spacial score (nSPS) is 46.4. The van der Waals surface area contributed by atoms with Crippen molar-refractivity contribution in [3.8, 4) is 0 Å². The average Bonchev–Trinajstić information content (AvgIpc) is 2.75. The predicted octanol–water partition coefficient (Wildman–Crippen LogP) is 2.33. The molecule has 1 saturated carbocycles. The van der Waals surface area contributed by atoms with Crippen LogP contribution in [0, 0.1) is 16.7 Å². The average molecular weight is 352 g/mol. The molecular weight excluding hydrogens is 320 g/mol. The lowest BCUT2D eigenvalue weighted by molar-refractivity contribution is -0.322. The number of aliphatic hydroxyl groups excluding tert-OH is 2. The highest BCUT2D eigenvalue weighted by Crippen LogP contribution is 2.69. The van der Waals surface area contributed by atoms with Gasteiger partial charge in [0.15, 0.2) is 5.79 Å². The first kappa shape index (κ1) is 19.0. The maximum atomic E-state index is 12.1. The van der Waals surface area contributed by atoms with Gasteiger partial charge in [-0.05, 0) is 37.7 Å². The molecule has 3 fully saturated rings. The van der Waals surface area contributed by atoms with E-state index in [0.29, 0.717) is 44.9 Å². The van der Waals surface area contributed by atoms with Crippen LogP contribution in [-0.2, 0) is 9.53 Å². The van der Waals surface area contributed by atoms with Crippen molar-refractivity contribution in [1.29, 1.82) is 0 Å². The molecule has 1 spiro atoms. The third-order valence-electron chi connectivity index (χ3n) is 7.42. The van der Waals surface area contributed by atoms with Crippen LogP contribution < -0.4 is 0 Å². The van der Waals surface area contributed by atoms with Crippen molar-refractivity contribution in [2.24, 2.45) is 16.7 Å². The molecule has 2 saturated heterocycles. The van der Waals surface area contributed by atoms with Gasteiger partial charge in [0.2, 0.25) is 0 Å². The monoisotopic (exact) mass is 352 g/mol. The number of rotatable bonds is 5. The molecule has 142 valence electrons. The van der Waals surface area contributed by atoms with E-state index in [0.717, 1.165) is 5.57 Å². The number of aliphatic hydroxyl groups is 3. The van der Waals surface area contributed by atoms with Crippen LogP contribution in [0.15, 0.2) is 12.2 Å². The number of Topliss-reactive ketones (excluding diaryl/α,β-unsaturated/α-hetero) is 1. The van der Waals surface area contributed by atoms with Gasteiger partial charge >= 0.3 is 0 Å². The molecule has 2 heterocycles. The van der Waals surface area contributed by atoms with Gasteiger partial charge in [-0.2, -0.15) is 0 Å². The van der Waals surface area contributed by atoms with Gasteiger partial charge < -0.3 is 20.1 Å². The van der Waals surface area contributed by atoms with Gasteiger partial charge in [-0.3, -0.25) is 4.79 Å². The van der Waals surface area contributed by atoms with E-state index in [1.165, 1.54) is 0 Å². The van der Waals surface area contributed by atoms with Crippen molar-refractivity contribution >= 4 is 5.78 Å². The van der Waals surface area contributed by atoms with E-state index in [-0.39, 0.29) is 18.3 Å². The first-order valence-electron chi connectivity index (χ1n) is 9.48. The van der Waals surface area contributed by atoms with Gasteiger partial charge in [-0.1, -0.05) is 27.4 Å². The summed E-state index contributed by atoms with van der Waals surface area (Å²) >= 11 is 0. The highest BCUT2D eigenvalue weighted by Gasteiger charge is 2.74. The molecule has 0 radical (unpaired) electrons. The molecule has 3 aliphatic rings. The molecule has 5 atom stereocenters. The second kappa shape index (κ2) is 5.88. The Morgan fingerprint density at radius 1 is 1.40 bits per heavy atom. The fourth-order valence-electron chi connectivity index (χ4n) is 5.42. The number of carbonyl (C=O) groups is 1. The number of carbonyl (C=O) groups excluding carboxylic acids is 1. The molecular formula is C20H32O5. The maximum Gasteiger partial charge on any atom is 0.172 e. The van der Waals surface area contributed by atoms with Crippen LogP contribution in [0.3, 0.4) is 0 Å². The fraction of sp³-hybridized carbons (Fsp3) is 0.850. The fourth-order valence-corrected chi connectivity index (χ4v) is 5.42. The largest absolute Gasteiger partial charge is 0.396 e. The Bertz CT molecular complexity index is 587. The van der Waals surface area contributed by atoms with Gasteiger partial charge in [-0.15, -0.1) is 0 Å². The van der Waals surface area contributed by atoms with Crippen molar-refractivity contribution in [2.75, 3.05) is 6.61 Å². The molecule has 0 aromatic carbocycles. The topological polar surface area (TPSA) is 87.0 Å². The molecule has 1 aliphatic carbocycles. The maximum absolute atomic E-state index is 12.1. The Labute approximate surface area is 150 Å². The Balaban J connectivity index is 1.96. The van der Waals surface area contributed by atoms with Gasteiger partial charge in [0.25, 0.3) is 0 Å². The number of hydrogen-bond donors (Lipinski definition) is 3. The molecule has 5 unspecified atom stereocenters. The summed E-state index contributed by atoms with van der Waals surface area (Å²) in [6.45, 7) is 9.74. The quantitative estimate of drug-likeness (QED) is 0.661. The van der Waals surface area contributed by atoms with Crippen LogP contribution in [-0.4, -0.2) is 45.2 Å². The van der Waals surface area contributed by atoms with Gasteiger partial charge in [0, 0.05) is 24.2 Å². The first-order chi connectivity index (χ1) is 11.6. The molecule has 2 bridgehead atoms. The summed E-state index contributed by atoms with van der Waals surface area (Å²) in [6.07, 6.45) is 2.78. The number of fused-ring (bicyclic) bond motifs is 1. The minimum Gasteiger partial charge on any atom is -0.396 e. The Hall–Kier alpha value is -0.750. The molecule has 5 heteroatoms. The highest BCUT2D eigenvalue weighted by atomic mass is 16.7. The predicted molar refractivity (Wildman–Crippen MR) is 93.7 cm³/mol. The minimum atomic E-state index is -1.34. The van der Waals surface area contributed by atoms with Crippen LogP contribution in [0.25, 0.3) is 0 Å². The minimum absolute atomic E-state index is 0.0268. The first-order valence-corrected chi connectivity index (χ1v) is 9.48. The highest BCUT2D eigenvalue weighted by molar-refractivity contribution is 5.80. The van der Waals surface area contributed by atoms with Crippen molar-refractivity contribution in [2.45, 2.75) is 83.2 Å². The Morgan fingerprint density at radius 3 is 2.68 bits per heavy atom. The molecule has 3 N–H and O–H groups in total. The SMILES string of the molecule is C=C1CCC(O)C2(CO)CCC3(O)OC12CC3(C)CCC(=O)C(C)C. The second-order valence-corrected chi connectivity index (χ2v) is 9.04. The summed E-state index contributed by atoms with van der Waals surface area (Å²) < 4.78 is 6.29. The van der Waals surface area contributed by atoms with Gasteiger partial charge in [0.05, 0.1) is 18.1 Å². The summed E-state index contributed by atoms with van der Waals surface area (Å²) in [7, 11) is 0. The lowest BCUT2D eigenvalue weighted by atomic mass is 9.56. The van der Waals surface area contributed by atoms with Gasteiger partial charge in [-0.25, -0.2) is 0 Å². The van der Waals surface area contributed by atoms with Crippen LogP contribution in [0.2, 0.25) is 0 Å². The molecule has 2 aliphatic heterocycles. The van der Waals surface area contributed by atoms with Crippen LogP contribution in [0.4, 0.5) is 0 Å². The van der Waals surface area contributed by atoms with Crippen molar-refractivity contribution < 1.29 is 24.9 Å². The number of hydrogen-bond acceptors (Lipinski definition) is 5. The standard InChI is InChI=1S/C20H32O5/c1-13(2)15(22)7-8-17(4)11-19-14(3)5-6-16(23)18(19,12-21)9-10-20(17,24)25-19/h13,16,21,23-24H,3,5-12H2,1-2,4H3. The van der Waals surface area contributed by atoms with E-state index in [2.05, 4.69) is 6.58 Å². The zero-order chi connectivity index (χ0) is 18.7. The zero-order valence-electron chi connectivity index (χ0n) is 15.7. The smallest absolute Gasteiger partial charge is 0.172 e. The Morgan fingerprint density at radius 2 is 2.08 bits per heavy atom. The van der Waals surface area contributed by atoms with E-state index in [1.807, 2.05) is 20.8 Å². The van der Waals surface area contributed by atoms with E-state index < -0.39 is 28.3 Å². The van der Waals surface area contributed by atoms with E-state index >= 15 is 0 Å². The summed E-state index contributed by atoms with van der Waals surface area (Å²) in [4.78, 5) is 12.1. The van der Waals surface area contributed by atoms with Crippen LogP contribution >= 0.6 is 0 Å². The molecule has 0 aromatic heterocycles. The zero-order valence-corrected chi connectivity index (χ0v) is 15.7. The molecule has 0 aromatic rings. The van der Waals surface area contributed by atoms with E-state index in [9.17, 15) is 20.1 Å². The molecule has 5 nitrogen and oxygen atoms in total. The van der Waals surface area contributed by atoms with E-state index in [4.69, 9.17) is 4.74 Å². The number of ketones is 1. The van der Waals surface area contributed by atoms with Crippen LogP contribution in [0.1, 0.15) is 65.7 Å². The lowest BCUT2D eigenvalue weighted by Gasteiger charge is -2.57. The second-order valence-electron chi connectivity index (χ2n) is 9.04. The third-order valence-corrected chi connectivity index (χ3v) is 7.42. The summed E-state index contributed by atoms with van der Waals surface area (Å²) in [5.41, 5.74) is -1.48. The number of ether oxygens (including phenoxy) is 1. The Kier molecular flexibility index (Phi) is 4.47. The van der Waals surface area contributed by atoms with Crippen molar-refractivity contribution in [1.82, 2.24) is 0 Å². The summed E-state index contributed by atoms with van der Waals surface area (Å²) in [5.74, 6) is -1.19. The lowest BCUT2D eigenvalue weighted by Crippen LogP contribution is -2.64. The van der Waals surface area contributed by atoms with Crippen molar-refractivity contribution in [3.63, 3.8) is 0 Å². The third kappa shape index (κ3) is 2.39. The van der Waals surface area contributed by atoms with Crippen LogP contribution in [0.5, 0.6) is 0 Å². The molecule has 25 heavy (non-hydrogen) atoms. The summed E-state index contributed by atoms with van der Waals surface area (Å²) in [6, 6.07) is 0. The molecule has 0 amide bonds. The molecule has 3 rings (SSSR count). The summed E-state index contributed by atoms with van der Waals surface area (Å²) in [5, 5.41) is 32.2. The van der Waals surface area contributed by atoms with Crippen molar-refractivity contribution in [3.05, 3.63) is 12.2 Å².